The summed E-state index contributed by atoms with van der Waals surface area (Å²) in [6, 6.07) is -2.16. The van der Waals surface area contributed by atoms with E-state index in [1.165, 1.54) is 6.92 Å². The number of ether oxygens (including phenoxy) is 1. The molecule has 1 saturated heterocycles. The van der Waals surface area contributed by atoms with E-state index >= 15 is 0 Å². The van der Waals surface area contributed by atoms with E-state index in [0.29, 0.717) is 0 Å². The standard InChI is InChI=1S/C8H11NO6/c1-3-6(7(12)13)9-4(2-5(10)11)8(14)15-3/h3-4,6,9H,2H2,1H3,(H,10,11)(H,12,13). The number of carbonyl (C=O) groups is 3. The highest BCUT2D eigenvalue weighted by molar-refractivity contribution is 5.85. The number of aliphatic carboxylic acids is 2. The molecule has 84 valence electrons. The third-order valence-electron chi connectivity index (χ3n) is 2.08. The second kappa shape index (κ2) is 4.26. The average Bonchev–Trinajstić information content (AvgIpc) is 2.08. The topological polar surface area (TPSA) is 113 Å². The van der Waals surface area contributed by atoms with Crippen molar-refractivity contribution in [2.24, 2.45) is 0 Å². The van der Waals surface area contributed by atoms with Gasteiger partial charge in [-0.15, -0.1) is 0 Å². The van der Waals surface area contributed by atoms with Crippen molar-refractivity contribution in [1.29, 1.82) is 0 Å². The van der Waals surface area contributed by atoms with Crippen molar-refractivity contribution in [2.75, 3.05) is 0 Å². The molecule has 0 aromatic carbocycles. The molecule has 7 heteroatoms. The molecule has 0 aromatic heterocycles. The molecule has 0 spiro atoms. The van der Waals surface area contributed by atoms with Crippen LogP contribution in [0.2, 0.25) is 0 Å². The maximum atomic E-state index is 11.2. The van der Waals surface area contributed by atoms with Gasteiger partial charge in [0.15, 0.2) is 0 Å². The summed E-state index contributed by atoms with van der Waals surface area (Å²) >= 11 is 0. The van der Waals surface area contributed by atoms with Crippen molar-refractivity contribution < 1.29 is 29.3 Å². The number of carbonyl (C=O) groups excluding carboxylic acids is 1. The van der Waals surface area contributed by atoms with Gasteiger partial charge in [-0.1, -0.05) is 0 Å². The van der Waals surface area contributed by atoms with Crippen molar-refractivity contribution in [2.45, 2.75) is 31.5 Å². The second-order valence-electron chi connectivity index (χ2n) is 3.28. The first-order valence-electron chi connectivity index (χ1n) is 4.33. The number of hydrogen-bond donors (Lipinski definition) is 3. The fourth-order valence-corrected chi connectivity index (χ4v) is 1.34. The maximum Gasteiger partial charge on any atom is 0.324 e. The summed E-state index contributed by atoms with van der Waals surface area (Å²) in [6.07, 6.45) is -1.30. The number of esters is 1. The number of morpholine rings is 1. The number of cyclic esters (lactones) is 1. The molecule has 3 unspecified atom stereocenters. The SMILES string of the molecule is CC1OC(=O)C(CC(=O)O)NC1C(=O)O. The predicted molar refractivity (Wildman–Crippen MR) is 46.2 cm³/mol. The molecule has 0 radical (unpaired) electrons. The van der Waals surface area contributed by atoms with E-state index in [1.807, 2.05) is 0 Å². The van der Waals surface area contributed by atoms with Gasteiger partial charge in [0.05, 0.1) is 6.42 Å². The van der Waals surface area contributed by atoms with Gasteiger partial charge in [0.2, 0.25) is 0 Å². The van der Waals surface area contributed by atoms with Gasteiger partial charge >= 0.3 is 17.9 Å². The van der Waals surface area contributed by atoms with Crippen molar-refractivity contribution in [1.82, 2.24) is 5.32 Å². The molecule has 1 aliphatic heterocycles. The molecular weight excluding hydrogens is 206 g/mol. The predicted octanol–water partition coefficient (Wildman–Crippen LogP) is -1.18. The molecule has 0 bridgehead atoms. The van der Waals surface area contributed by atoms with Gasteiger partial charge in [0.1, 0.15) is 18.2 Å². The summed E-state index contributed by atoms with van der Waals surface area (Å²) in [7, 11) is 0. The molecule has 0 amide bonds. The van der Waals surface area contributed by atoms with E-state index < -0.39 is 42.5 Å². The molecule has 7 nitrogen and oxygen atoms in total. The van der Waals surface area contributed by atoms with Crippen LogP contribution in [0.15, 0.2) is 0 Å². The van der Waals surface area contributed by atoms with Crippen molar-refractivity contribution in [3.63, 3.8) is 0 Å². The minimum Gasteiger partial charge on any atom is -0.481 e. The zero-order chi connectivity index (χ0) is 11.6. The monoisotopic (exact) mass is 217 g/mol. The number of rotatable bonds is 3. The largest absolute Gasteiger partial charge is 0.481 e. The number of carboxylic acids is 2. The third kappa shape index (κ3) is 2.66. The van der Waals surface area contributed by atoms with Crippen LogP contribution in [0.3, 0.4) is 0 Å². The maximum absolute atomic E-state index is 11.2. The lowest BCUT2D eigenvalue weighted by molar-refractivity contribution is -0.167. The fraction of sp³-hybridized carbons (Fsp3) is 0.625. The summed E-state index contributed by atoms with van der Waals surface area (Å²) in [5, 5.41) is 19.7. The summed E-state index contributed by atoms with van der Waals surface area (Å²) < 4.78 is 4.73. The molecule has 1 rings (SSSR count). The molecule has 1 heterocycles. The first-order valence-corrected chi connectivity index (χ1v) is 4.33. The van der Waals surface area contributed by atoms with Crippen LogP contribution < -0.4 is 5.32 Å². The van der Waals surface area contributed by atoms with Crippen molar-refractivity contribution in [3.8, 4) is 0 Å². The van der Waals surface area contributed by atoms with Crippen molar-refractivity contribution in [3.05, 3.63) is 0 Å². The second-order valence-corrected chi connectivity index (χ2v) is 3.28. The van der Waals surface area contributed by atoms with Gasteiger partial charge in [0.25, 0.3) is 0 Å². The van der Waals surface area contributed by atoms with Crippen LogP contribution in [-0.4, -0.2) is 46.3 Å². The van der Waals surface area contributed by atoms with Crippen LogP contribution in [0, 0.1) is 0 Å². The molecule has 1 aliphatic rings. The Morgan fingerprint density at radius 3 is 2.53 bits per heavy atom. The first-order chi connectivity index (χ1) is 6.91. The lowest BCUT2D eigenvalue weighted by atomic mass is 10.1. The quantitative estimate of drug-likeness (QED) is 0.510. The van der Waals surface area contributed by atoms with Crippen LogP contribution in [0.25, 0.3) is 0 Å². The van der Waals surface area contributed by atoms with Crippen LogP contribution >= 0.6 is 0 Å². The third-order valence-corrected chi connectivity index (χ3v) is 2.08. The Bertz CT molecular complexity index is 302. The summed E-state index contributed by atoms with van der Waals surface area (Å²) in [5.74, 6) is -3.10. The molecule has 15 heavy (non-hydrogen) atoms. The number of carboxylic acid groups (broad SMARTS) is 2. The Hall–Kier alpha value is -1.63. The van der Waals surface area contributed by atoms with Crippen molar-refractivity contribution >= 4 is 17.9 Å². The van der Waals surface area contributed by atoms with Crippen LogP contribution in [0.4, 0.5) is 0 Å². The number of hydrogen-bond acceptors (Lipinski definition) is 5. The van der Waals surface area contributed by atoms with Crippen LogP contribution in [0.1, 0.15) is 13.3 Å². The van der Waals surface area contributed by atoms with E-state index in [2.05, 4.69) is 5.32 Å². The van der Waals surface area contributed by atoms with Gasteiger partial charge in [-0.2, -0.15) is 0 Å². The Kier molecular flexibility index (Phi) is 3.25. The van der Waals surface area contributed by atoms with E-state index in [9.17, 15) is 14.4 Å². The summed E-state index contributed by atoms with van der Waals surface area (Å²) in [5.41, 5.74) is 0. The lowest BCUT2D eigenvalue weighted by Gasteiger charge is -2.31. The Morgan fingerprint density at radius 1 is 1.47 bits per heavy atom. The van der Waals surface area contributed by atoms with Gasteiger partial charge < -0.3 is 14.9 Å². The first kappa shape index (κ1) is 11.4. The van der Waals surface area contributed by atoms with E-state index in [4.69, 9.17) is 14.9 Å². The minimum absolute atomic E-state index is 0.491. The van der Waals surface area contributed by atoms with E-state index in [-0.39, 0.29) is 0 Å². The van der Waals surface area contributed by atoms with Crippen LogP contribution in [-0.2, 0) is 19.1 Å². The average molecular weight is 217 g/mol. The molecule has 3 atom stereocenters. The van der Waals surface area contributed by atoms with Gasteiger partial charge in [-0.05, 0) is 6.92 Å². The molecule has 0 aliphatic carbocycles. The van der Waals surface area contributed by atoms with Crippen LogP contribution in [0.5, 0.6) is 0 Å². The lowest BCUT2D eigenvalue weighted by Crippen LogP contribution is -2.59. The highest BCUT2D eigenvalue weighted by Gasteiger charge is 2.39. The molecule has 3 N–H and O–H groups in total. The van der Waals surface area contributed by atoms with Gasteiger partial charge in [-0.25, -0.2) is 0 Å². The smallest absolute Gasteiger partial charge is 0.324 e. The molecular formula is C8H11NO6. The van der Waals surface area contributed by atoms with Gasteiger partial charge in [0, 0.05) is 0 Å². The van der Waals surface area contributed by atoms with E-state index in [1.54, 1.807) is 0 Å². The zero-order valence-corrected chi connectivity index (χ0v) is 7.97. The zero-order valence-electron chi connectivity index (χ0n) is 7.97. The highest BCUT2D eigenvalue weighted by Crippen LogP contribution is 2.11. The molecule has 0 aromatic rings. The normalized spacial score (nSPS) is 30.7. The summed E-state index contributed by atoms with van der Waals surface area (Å²) in [4.78, 5) is 32.2. The Balaban J connectivity index is 2.71. The highest BCUT2D eigenvalue weighted by atomic mass is 16.6. The van der Waals surface area contributed by atoms with E-state index in [0.717, 1.165) is 0 Å². The minimum atomic E-state index is -1.19. The summed E-state index contributed by atoms with van der Waals surface area (Å²) in [6.45, 7) is 1.43. The fourth-order valence-electron chi connectivity index (χ4n) is 1.34. The molecule has 1 fully saturated rings. The Labute approximate surface area is 85.0 Å². The van der Waals surface area contributed by atoms with Gasteiger partial charge in [-0.3, -0.25) is 19.7 Å². The Morgan fingerprint density at radius 2 is 2.07 bits per heavy atom. The molecule has 0 saturated carbocycles. The number of nitrogens with one attached hydrogen (secondary N) is 1.